The van der Waals surface area contributed by atoms with Crippen molar-refractivity contribution in [3.05, 3.63) is 54.6 Å². The molecule has 0 radical (unpaired) electrons. The number of nitrogens with zero attached hydrogens (tertiary/aromatic N) is 1. The molecule has 4 heteroatoms. The number of hydrogen-bond acceptors (Lipinski definition) is 3. The third-order valence-corrected chi connectivity index (χ3v) is 4.64. The number of piperidine rings is 1. The van der Waals surface area contributed by atoms with Crippen LogP contribution in [0.25, 0.3) is 5.57 Å². The zero-order chi connectivity index (χ0) is 19.5. The minimum Gasteiger partial charge on any atom is -0.307 e. The predicted octanol–water partition coefficient (Wildman–Crippen LogP) is 3.94. The van der Waals surface area contributed by atoms with E-state index in [1.807, 2.05) is 25.1 Å². The number of carbonyl (C=O) groups is 2. The second-order valence-corrected chi connectivity index (χ2v) is 8.48. The first-order valence-corrected chi connectivity index (χ1v) is 9.06. The summed E-state index contributed by atoms with van der Waals surface area (Å²) in [5.74, 6) is -0.345. The Morgan fingerprint density at radius 2 is 1.46 bits per heavy atom. The second-order valence-electron chi connectivity index (χ2n) is 8.48. The number of rotatable bonds is 2. The molecule has 26 heavy (non-hydrogen) atoms. The Balaban J connectivity index is 0.000000228. The summed E-state index contributed by atoms with van der Waals surface area (Å²) in [4.78, 5) is 24.8. The Kier molecular flexibility index (Phi) is 5.87. The summed E-state index contributed by atoms with van der Waals surface area (Å²) in [6.07, 6.45) is 4.33. The van der Waals surface area contributed by atoms with Crippen molar-refractivity contribution in [1.82, 2.24) is 10.2 Å². The van der Waals surface area contributed by atoms with Gasteiger partial charge in [0, 0.05) is 29.3 Å². The van der Waals surface area contributed by atoms with Crippen molar-refractivity contribution in [3.8, 4) is 0 Å². The van der Waals surface area contributed by atoms with Crippen LogP contribution in [0.4, 0.5) is 0 Å². The molecule has 0 atom stereocenters. The van der Waals surface area contributed by atoms with Gasteiger partial charge in [0.15, 0.2) is 0 Å². The molecule has 2 heterocycles. The molecule has 140 valence electrons. The van der Waals surface area contributed by atoms with E-state index in [-0.39, 0.29) is 28.9 Å². The first kappa shape index (κ1) is 20.1. The molecule has 0 bridgehead atoms. The summed E-state index contributed by atoms with van der Waals surface area (Å²) < 4.78 is 0. The maximum Gasteiger partial charge on any atom is 0.253 e. The van der Waals surface area contributed by atoms with Crippen molar-refractivity contribution >= 4 is 17.4 Å². The van der Waals surface area contributed by atoms with E-state index in [1.165, 1.54) is 22.6 Å². The number of hydrogen-bond donors (Lipinski definition) is 1. The monoisotopic (exact) mass is 354 g/mol. The van der Waals surface area contributed by atoms with Crippen molar-refractivity contribution < 1.29 is 9.59 Å². The third-order valence-electron chi connectivity index (χ3n) is 4.64. The van der Waals surface area contributed by atoms with Crippen LogP contribution < -0.4 is 5.32 Å². The molecule has 1 saturated heterocycles. The highest BCUT2D eigenvalue weighted by Gasteiger charge is 2.43. The van der Waals surface area contributed by atoms with Crippen molar-refractivity contribution in [2.24, 2.45) is 0 Å². The zero-order valence-electron chi connectivity index (χ0n) is 16.5. The van der Waals surface area contributed by atoms with Crippen molar-refractivity contribution in [2.75, 3.05) is 0 Å². The fraction of sp³-hybridized carbons (Fsp3) is 0.455. The molecule has 2 amide bonds. The highest BCUT2D eigenvalue weighted by atomic mass is 16.2. The van der Waals surface area contributed by atoms with E-state index in [4.69, 9.17) is 0 Å². The number of nitrogens with one attached hydrogen (secondary N) is 1. The minimum absolute atomic E-state index is 0.00347. The Morgan fingerprint density at radius 1 is 1.00 bits per heavy atom. The Morgan fingerprint density at radius 3 is 1.85 bits per heavy atom. The maximum atomic E-state index is 11.7. The van der Waals surface area contributed by atoms with E-state index in [0.717, 1.165) is 18.4 Å². The summed E-state index contributed by atoms with van der Waals surface area (Å²) in [5, 5.41) is 3.55. The topological polar surface area (TPSA) is 49.4 Å². The van der Waals surface area contributed by atoms with Crippen molar-refractivity contribution in [3.63, 3.8) is 0 Å². The average molecular weight is 354 g/mol. The smallest absolute Gasteiger partial charge is 0.253 e. The molecule has 1 N–H and O–H groups in total. The molecule has 0 unspecified atom stereocenters. The lowest BCUT2D eigenvalue weighted by atomic mass is 9.79. The van der Waals surface area contributed by atoms with Crippen LogP contribution in [0.3, 0.4) is 0 Å². The first-order chi connectivity index (χ1) is 12.0. The Bertz CT molecular complexity index is 683. The fourth-order valence-electron chi connectivity index (χ4n) is 3.95. The van der Waals surface area contributed by atoms with Gasteiger partial charge in [-0.3, -0.25) is 14.5 Å². The third kappa shape index (κ3) is 5.15. The van der Waals surface area contributed by atoms with E-state index in [1.54, 1.807) is 0 Å². The van der Waals surface area contributed by atoms with Crippen LogP contribution in [-0.4, -0.2) is 33.8 Å². The second kappa shape index (κ2) is 7.58. The lowest BCUT2D eigenvalue weighted by molar-refractivity contribution is -0.141. The van der Waals surface area contributed by atoms with Crippen molar-refractivity contribution in [1.29, 1.82) is 0 Å². The van der Waals surface area contributed by atoms with Crippen LogP contribution in [0.1, 0.15) is 53.0 Å². The number of carbonyl (C=O) groups excluding carboxylic acids is 2. The molecule has 0 spiro atoms. The number of allylic oxidation sites excluding steroid dienone is 1. The molecule has 0 aliphatic carbocycles. The van der Waals surface area contributed by atoms with Gasteiger partial charge in [0.2, 0.25) is 0 Å². The van der Waals surface area contributed by atoms with Crippen LogP contribution >= 0.6 is 0 Å². The van der Waals surface area contributed by atoms with Crippen LogP contribution in [0.5, 0.6) is 0 Å². The summed E-state index contributed by atoms with van der Waals surface area (Å²) in [7, 11) is 0. The van der Waals surface area contributed by atoms with Crippen LogP contribution in [0.15, 0.2) is 49.1 Å². The summed E-state index contributed by atoms with van der Waals surface area (Å²) in [6.45, 7) is 14.3. The molecule has 1 aromatic rings. The summed E-state index contributed by atoms with van der Waals surface area (Å²) >= 11 is 0. The number of benzene rings is 1. The Hall–Kier alpha value is -2.20. The summed E-state index contributed by atoms with van der Waals surface area (Å²) in [6, 6.07) is 10.2. The van der Waals surface area contributed by atoms with Gasteiger partial charge in [-0.15, -0.1) is 0 Å². The van der Waals surface area contributed by atoms with E-state index in [0.29, 0.717) is 0 Å². The lowest BCUT2D eigenvalue weighted by Crippen LogP contribution is -2.62. The van der Waals surface area contributed by atoms with Gasteiger partial charge in [0.1, 0.15) is 0 Å². The molecule has 1 fully saturated rings. The van der Waals surface area contributed by atoms with Gasteiger partial charge in [0.25, 0.3) is 11.8 Å². The van der Waals surface area contributed by atoms with Gasteiger partial charge in [0.05, 0.1) is 0 Å². The first-order valence-electron chi connectivity index (χ1n) is 9.06. The Labute approximate surface area is 157 Å². The number of amides is 2. The van der Waals surface area contributed by atoms with Gasteiger partial charge in [-0.05, 0) is 53.0 Å². The molecular formula is C22H30N2O2. The van der Waals surface area contributed by atoms with Gasteiger partial charge in [-0.2, -0.15) is 0 Å². The standard InChI is InChI=1S/C13H20N2O2.C9H10/c1-12(2)7-9(8-13(3,4)14-12)15-10(16)5-6-11(15)17;1-8(2)9-6-4-3-5-7-9/h5-6,9,14H,7-8H2,1-4H3;3-7H,1H2,2H3. The maximum absolute atomic E-state index is 11.7. The predicted molar refractivity (Wildman–Crippen MR) is 106 cm³/mol. The molecule has 0 aromatic heterocycles. The van der Waals surface area contributed by atoms with E-state index in [2.05, 4.69) is 51.7 Å². The highest BCUT2D eigenvalue weighted by molar-refractivity contribution is 6.13. The van der Waals surface area contributed by atoms with Gasteiger partial charge in [-0.1, -0.05) is 42.5 Å². The number of imide groups is 1. The molecule has 1 aromatic carbocycles. The van der Waals surface area contributed by atoms with E-state index in [9.17, 15) is 9.59 Å². The molecule has 0 saturated carbocycles. The van der Waals surface area contributed by atoms with Crippen molar-refractivity contribution in [2.45, 2.75) is 64.6 Å². The molecule has 2 aliphatic rings. The lowest BCUT2D eigenvalue weighted by Gasteiger charge is -2.48. The SMILES string of the molecule is C=C(C)c1ccccc1.CC1(C)CC(N2C(=O)C=CC2=O)CC(C)(C)N1. The highest BCUT2D eigenvalue weighted by Crippen LogP contribution is 2.32. The zero-order valence-corrected chi connectivity index (χ0v) is 16.5. The molecule has 2 aliphatic heterocycles. The molecule has 3 rings (SSSR count). The molecular weight excluding hydrogens is 324 g/mol. The quantitative estimate of drug-likeness (QED) is 0.819. The molecule has 4 nitrogen and oxygen atoms in total. The van der Waals surface area contributed by atoms with Gasteiger partial charge in [-0.25, -0.2) is 0 Å². The fourth-order valence-corrected chi connectivity index (χ4v) is 3.95. The van der Waals surface area contributed by atoms with Crippen LogP contribution in [-0.2, 0) is 9.59 Å². The minimum atomic E-state index is -0.173. The normalized spacial score (nSPS) is 21.3. The van der Waals surface area contributed by atoms with E-state index < -0.39 is 0 Å². The summed E-state index contributed by atoms with van der Waals surface area (Å²) in [5.41, 5.74) is 2.22. The average Bonchev–Trinajstić information content (AvgIpc) is 2.84. The van der Waals surface area contributed by atoms with E-state index >= 15 is 0 Å². The van der Waals surface area contributed by atoms with Gasteiger partial charge < -0.3 is 5.32 Å². The van der Waals surface area contributed by atoms with Crippen LogP contribution in [0.2, 0.25) is 0 Å². The van der Waals surface area contributed by atoms with Crippen LogP contribution in [0, 0.1) is 0 Å². The largest absolute Gasteiger partial charge is 0.307 e. The van der Waals surface area contributed by atoms with Gasteiger partial charge >= 0.3 is 0 Å².